The van der Waals surface area contributed by atoms with Crippen molar-refractivity contribution in [3.63, 3.8) is 0 Å². The van der Waals surface area contributed by atoms with Gasteiger partial charge >= 0.3 is 12.1 Å². The second-order valence-electron chi connectivity index (χ2n) is 15.4. The van der Waals surface area contributed by atoms with Crippen LogP contribution in [0.25, 0.3) is 21.5 Å². The van der Waals surface area contributed by atoms with Gasteiger partial charge in [-0.1, -0.05) is 122 Å². The van der Waals surface area contributed by atoms with E-state index >= 15 is 0 Å². The van der Waals surface area contributed by atoms with Crippen LogP contribution < -0.4 is 18.9 Å². The van der Waals surface area contributed by atoms with E-state index in [1.165, 1.54) is 12.5 Å². The van der Waals surface area contributed by atoms with Gasteiger partial charge in [-0.2, -0.15) is 0 Å². The summed E-state index contributed by atoms with van der Waals surface area (Å²) in [7, 11) is 3.92. The van der Waals surface area contributed by atoms with Gasteiger partial charge in [0.05, 0.1) is 0 Å². The zero-order valence-electron chi connectivity index (χ0n) is 34.9. The number of hydrogen-bond donors (Lipinski definition) is 0. The quantitative estimate of drug-likeness (QED) is 0.0466. The first kappa shape index (κ1) is 43.3. The van der Waals surface area contributed by atoms with Crippen LogP contribution in [0.15, 0.2) is 72.0 Å². The van der Waals surface area contributed by atoms with E-state index in [-0.39, 0.29) is 0 Å². The molecule has 0 amide bonds. The minimum Gasteiger partial charge on any atom is -0.428 e. The molecule has 0 radical (unpaired) electrons. The number of carbonyl (C=O) groups excluding carboxylic acids is 3. The van der Waals surface area contributed by atoms with E-state index in [1.807, 2.05) is 116 Å². The monoisotopic (exact) mass is 737 g/mol. The normalized spacial score (nSPS) is 12.3. The molecule has 0 unspecified atom stereocenters. The zero-order chi connectivity index (χ0) is 40.7. The number of hydrogen-bond acceptors (Lipinski definition) is 8. The number of nitrogens with zero attached hydrogens (tertiary/aromatic N) is 1. The van der Waals surface area contributed by atoms with Crippen molar-refractivity contribution in [2.24, 2.45) is 5.92 Å². The van der Waals surface area contributed by atoms with Crippen molar-refractivity contribution in [2.45, 2.75) is 107 Å². The van der Waals surface area contributed by atoms with E-state index in [4.69, 9.17) is 18.9 Å². The van der Waals surface area contributed by atoms with E-state index in [0.717, 1.165) is 17.7 Å². The molecule has 0 spiro atoms. The molecule has 0 atom stereocenters. The van der Waals surface area contributed by atoms with Gasteiger partial charge in [0.25, 0.3) is 6.47 Å². The van der Waals surface area contributed by atoms with E-state index < -0.39 is 23.0 Å². The lowest BCUT2D eigenvalue weighted by molar-refractivity contribution is -0.131. The molecule has 290 valence electrons. The lowest BCUT2D eigenvalue weighted by atomic mass is 9.77. The number of rotatable bonds is 12. The summed E-state index contributed by atoms with van der Waals surface area (Å²) in [4.78, 5) is 40.4. The molecule has 0 aliphatic carbocycles. The minimum atomic E-state index is -0.940. The Balaban J connectivity index is 0.00000385. The second-order valence-corrected chi connectivity index (χ2v) is 15.4. The predicted molar refractivity (Wildman–Crippen MR) is 220 cm³/mol. The Morgan fingerprint density at radius 1 is 0.685 bits per heavy atom. The highest BCUT2D eigenvalue weighted by Crippen LogP contribution is 2.49. The number of benzene rings is 4. The van der Waals surface area contributed by atoms with E-state index in [0.29, 0.717) is 73.6 Å². The lowest BCUT2D eigenvalue weighted by Crippen LogP contribution is -2.23. The molecule has 4 aromatic rings. The highest BCUT2D eigenvalue weighted by Gasteiger charge is 2.33. The first-order valence-corrected chi connectivity index (χ1v) is 18.7. The summed E-state index contributed by atoms with van der Waals surface area (Å²) < 4.78 is 24.0. The number of ether oxygens (including phenoxy) is 4. The number of esters is 1. The summed E-state index contributed by atoms with van der Waals surface area (Å²) in [5, 5.41) is 2.43. The third-order valence-electron chi connectivity index (χ3n) is 9.40. The smallest absolute Gasteiger partial charge is 0.428 e. The third kappa shape index (κ3) is 9.51. The Bertz CT molecular complexity index is 2080. The fourth-order valence-corrected chi connectivity index (χ4v) is 7.54. The molecule has 0 bridgehead atoms. The first-order valence-electron chi connectivity index (χ1n) is 18.7. The predicted octanol–water partition coefficient (Wildman–Crippen LogP) is 11.7. The zero-order valence-corrected chi connectivity index (χ0v) is 34.9. The molecule has 8 heteroatoms. The largest absolute Gasteiger partial charge is 0.519 e. The molecule has 0 heterocycles. The van der Waals surface area contributed by atoms with Gasteiger partial charge < -0.3 is 23.8 Å². The summed E-state index contributed by atoms with van der Waals surface area (Å²) in [5.41, 5.74) is 3.64. The molecule has 0 N–H and O–H groups in total. The Hall–Kier alpha value is -5.11. The van der Waals surface area contributed by atoms with Crippen molar-refractivity contribution in [3.8, 4) is 23.0 Å². The SMILES string of the molecule is CC.CC(=O)Oc1c(C(C)(C)/C=C(\C)CC(C)C)c(C)c(OC(=O)Oc2c(C)c(C(C)(C)/C=C(\C)N(C)C)c(OC=O)c3ccccc23)c2ccccc12. The van der Waals surface area contributed by atoms with Gasteiger partial charge in [0.2, 0.25) is 0 Å². The fourth-order valence-electron chi connectivity index (χ4n) is 7.54. The summed E-state index contributed by atoms with van der Waals surface area (Å²) in [6.07, 6.45) is 4.24. The van der Waals surface area contributed by atoms with Gasteiger partial charge in [0.15, 0.2) is 0 Å². The van der Waals surface area contributed by atoms with Crippen LogP contribution in [0, 0.1) is 19.8 Å². The van der Waals surface area contributed by atoms with Crippen LogP contribution >= 0.6 is 0 Å². The van der Waals surface area contributed by atoms with Gasteiger partial charge in [-0.05, 0) is 40.0 Å². The molecule has 0 saturated heterocycles. The highest BCUT2D eigenvalue weighted by molar-refractivity contribution is 6.00. The van der Waals surface area contributed by atoms with Gasteiger partial charge in [-0.3, -0.25) is 9.59 Å². The van der Waals surface area contributed by atoms with Gasteiger partial charge in [-0.25, -0.2) is 4.79 Å². The summed E-state index contributed by atoms with van der Waals surface area (Å²) in [5.74, 6) is 1.44. The van der Waals surface area contributed by atoms with E-state index in [1.54, 1.807) is 0 Å². The molecule has 0 fully saturated rings. The standard InChI is InChI=1S/C44H53NO7.C2H6/c1-26(2)22-27(3)23-43(8,9)37-30(6)39(33-19-15-17-21-35(33)41(37)50-31(7)47)52-42(48)51-38-29(5)36(44(10,11)24-28(4)45(12)13)40(49-25-46)34-20-16-14-18-32(34)38;1-2/h14-21,23-26H,22H2,1-13H3;1-2H3/b27-23+,28-24+;. The third-order valence-corrected chi connectivity index (χ3v) is 9.40. The Labute approximate surface area is 322 Å². The molecule has 0 aliphatic rings. The molecular formula is C46H59NO7. The number of carbonyl (C=O) groups is 3. The Morgan fingerprint density at radius 2 is 1.09 bits per heavy atom. The van der Waals surface area contributed by atoms with Crippen LogP contribution in [0.3, 0.4) is 0 Å². The first-order chi connectivity index (χ1) is 25.3. The summed E-state index contributed by atoms with van der Waals surface area (Å²) >= 11 is 0. The van der Waals surface area contributed by atoms with Crippen LogP contribution in [-0.4, -0.2) is 37.6 Å². The van der Waals surface area contributed by atoms with Crippen molar-refractivity contribution in [1.29, 1.82) is 0 Å². The Kier molecular flexibility index (Phi) is 14.3. The number of fused-ring (bicyclic) bond motifs is 2. The van der Waals surface area contributed by atoms with E-state index in [9.17, 15) is 14.4 Å². The molecule has 4 rings (SSSR count). The van der Waals surface area contributed by atoms with Gasteiger partial charge in [0.1, 0.15) is 23.0 Å². The highest BCUT2D eigenvalue weighted by atomic mass is 16.7. The molecule has 0 aliphatic heterocycles. The molecule has 54 heavy (non-hydrogen) atoms. The molecule has 4 aromatic carbocycles. The molecule has 0 saturated carbocycles. The summed E-state index contributed by atoms with van der Waals surface area (Å²) in [6.45, 7) is 26.2. The van der Waals surface area contributed by atoms with Crippen molar-refractivity contribution >= 4 is 40.1 Å². The molecule has 8 nitrogen and oxygen atoms in total. The maximum absolute atomic E-state index is 14.1. The minimum absolute atomic E-state index is 0.295. The van der Waals surface area contributed by atoms with Crippen molar-refractivity contribution in [3.05, 3.63) is 94.2 Å². The van der Waals surface area contributed by atoms with Crippen LogP contribution in [0.4, 0.5) is 4.79 Å². The van der Waals surface area contributed by atoms with Crippen molar-refractivity contribution in [2.75, 3.05) is 14.1 Å². The van der Waals surface area contributed by atoms with E-state index in [2.05, 4.69) is 46.8 Å². The maximum Gasteiger partial charge on any atom is 0.519 e. The molecule has 0 aromatic heterocycles. The average molecular weight is 738 g/mol. The van der Waals surface area contributed by atoms with Gasteiger partial charge in [-0.15, -0.1) is 0 Å². The fraction of sp³-hybridized carbons (Fsp3) is 0.413. The Morgan fingerprint density at radius 3 is 1.50 bits per heavy atom. The average Bonchev–Trinajstić information content (AvgIpc) is 3.07. The second kappa shape index (κ2) is 17.8. The maximum atomic E-state index is 14.1. The van der Waals surface area contributed by atoms with Crippen LogP contribution in [-0.2, 0) is 20.4 Å². The van der Waals surface area contributed by atoms with Crippen molar-refractivity contribution < 1.29 is 33.3 Å². The topological polar surface area (TPSA) is 91.4 Å². The molecular weight excluding hydrogens is 679 g/mol. The van der Waals surface area contributed by atoms with Gasteiger partial charge in [0, 0.05) is 81.3 Å². The summed E-state index contributed by atoms with van der Waals surface area (Å²) in [6, 6.07) is 14.7. The van der Waals surface area contributed by atoms with Crippen molar-refractivity contribution in [1.82, 2.24) is 4.90 Å². The number of allylic oxidation sites excluding steroid dienone is 4. The lowest BCUT2D eigenvalue weighted by Gasteiger charge is -2.30. The van der Waals surface area contributed by atoms with Crippen LogP contribution in [0.2, 0.25) is 0 Å². The van der Waals surface area contributed by atoms with Crippen LogP contribution in [0.1, 0.15) is 105 Å². The van der Waals surface area contributed by atoms with Crippen LogP contribution in [0.5, 0.6) is 23.0 Å².